The Bertz CT molecular complexity index is 483. The Kier molecular flexibility index (Phi) is 4.75. The number of nitrogens with one attached hydrogen (secondary N) is 1. The molecule has 2 rings (SSSR count). The number of aliphatic hydroxyl groups excluding tert-OH is 1. The van der Waals surface area contributed by atoms with Crippen molar-refractivity contribution >= 4 is 11.7 Å². The number of hydrogen-bond acceptors (Lipinski definition) is 4. The first kappa shape index (κ1) is 14.5. The number of benzene rings is 1. The summed E-state index contributed by atoms with van der Waals surface area (Å²) in [6, 6.07) is 3.43. The monoisotopic (exact) mass is 284 g/mol. The normalized spacial score (nSPS) is 19.4. The number of amides is 2. The van der Waals surface area contributed by atoms with Crippen LogP contribution in [0.2, 0.25) is 0 Å². The Morgan fingerprint density at radius 2 is 2.40 bits per heavy atom. The lowest BCUT2D eigenvalue weighted by Crippen LogP contribution is -2.40. The van der Waals surface area contributed by atoms with E-state index in [0.717, 1.165) is 0 Å². The van der Waals surface area contributed by atoms with E-state index in [0.29, 0.717) is 18.9 Å². The summed E-state index contributed by atoms with van der Waals surface area (Å²) >= 11 is 0. The molecule has 0 aromatic heterocycles. The molecule has 1 aromatic rings. The Morgan fingerprint density at radius 1 is 1.60 bits per heavy atom. The lowest BCUT2D eigenvalue weighted by Gasteiger charge is -2.22. The van der Waals surface area contributed by atoms with E-state index in [1.165, 1.54) is 30.2 Å². The van der Waals surface area contributed by atoms with Crippen LogP contribution in [0, 0.1) is 5.82 Å². The van der Waals surface area contributed by atoms with Gasteiger partial charge in [-0.3, -0.25) is 0 Å². The van der Waals surface area contributed by atoms with Crippen LogP contribution in [0.5, 0.6) is 5.75 Å². The number of nitrogens with zero attached hydrogens (tertiary/aromatic N) is 1. The number of ether oxygens (including phenoxy) is 2. The Labute approximate surface area is 116 Å². The van der Waals surface area contributed by atoms with Crippen molar-refractivity contribution in [2.24, 2.45) is 0 Å². The molecule has 1 atom stereocenters. The van der Waals surface area contributed by atoms with Crippen LogP contribution in [0.3, 0.4) is 0 Å². The molecule has 2 N–H and O–H groups in total. The predicted octanol–water partition coefficient (Wildman–Crippen LogP) is 1.06. The molecule has 1 aliphatic heterocycles. The minimum Gasteiger partial charge on any atom is -0.495 e. The molecule has 7 heteroatoms. The highest BCUT2D eigenvalue weighted by Crippen LogP contribution is 2.25. The maximum Gasteiger partial charge on any atom is 0.322 e. The second-order valence-corrected chi connectivity index (χ2v) is 4.45. The van der Waals surface area contributed by atoms with Gasteiger partial charge in [0.15, 0.2) is 0 Å². The number of carbonyl (C=O) groups excluding carboxylic acids is 1. The van der Waals surface area contributed by atoms with Gasteiger partial charge in [0.2, 0.25) is 0 Å². The zero-order chi connectivity index (χ0) is 14.5. The molecule has 0 bridgehead atoms. The number of hydrogen-bond donors (Lipinski definition) is 2. The highest BCUT2D eigenvalue weighted by molar-refractivity contribution is 5.91. The maximum atomic E-state index is 13.2. The minimum atomic E-state index is -0.724. The zero-order valence-electron chi connectivity index (χ0n) is 11.1. The van der Waals surface area contributed by atoms with Crippen molar-refractivity contribution in [3.63, 3.8) is 0 Å². The van der Waals surface area contributed by atoms with Crippen LogP contribution in [0.15, 0.2) is 18.2 Å². The highest BCUT2D eigenvalue weighted by atomic mass is 19.1. The molecule has 20 heavy (non-hydrogen) atoms. The van der Waals surface area contributed by atoms with Crippen LogP contribution in [-0.4, -0.2) is 55.6 Å². The maximum absolute atomic E-state index is 13.2. The van der Waals surface area contributed by atoms with Crippen molar-refractivity contribution in [3.8, 4) is 5.75 Å². The predicted molar refractivity (Wildman–Crippen MR) is 70.4 cm³/mol. The molecule has 2 amide bonds. The molecule has 1 saturated heterocycles. The van der Waals surface area contributed by atoms with E-state index in [9.17, 15) is 14.3 Å². The molecule has 1 aromatic carbocycles. The summed E-state index contributed by atoms with van der Waals surface area (Å²) in [5, 5.41) is 12.2. The number of rotatable bonds is 2. The van der Waals surface area contributed by atoms with Crippen LogP contribution < -0.4 is 10.1 Å². The second kappa shape index (κ2) is 6.53. The first-order valence-corrected chi connectivity index (χ1v) is 6.25. The molecule has 6 nitrogen and oxygen atoms in total. The van der Waals surface area contributed by atoms with Gasteiger partial charge in [-0.05, 0) is 12.1 Å². The number of carbonyl (C=O) groups is 1. The fraction of sp³-hybridized carbons (Fsp3) is 0.462. The van der Waals surface area contributed by atoms with Gasteiger partial charge in [0.1, 0.15) is 11.6 Å². The number of anilines is 1. The third kappa shape index (κ3) is 3.58. The summed E-state index contributed by atoms with van der Waals surface area (Å²) in [6.45, 7) is 1.09. The van der Waals surface area contributed by atoms with Crippen LogP contribution in [0.1, 0.15) is 0 Å². The van der Waals surface area contributed by atoms with Crippen LogP contribution in [0.4, 0.5) is 14.9 Å². The fourth-order valence-corrected chi connectivity index (χ4v) is 1.95. The number of urea groups is 1. The molecule has 1 fully saturated rings. The molecule has 0 spiro atoms. The minimum absolute atomic E-state index is 0.170. The van der Waals surface area contributed by atoms with Crippen molar-refractivity contribution in [1.29, 1.82) is 0 Å². The Morgan fingerprint density at radius 3 is 3.15 bits per heavy atom. The third-order valence-electron chi connectivity index (χ3n) is 2.94. The standard InChI is InChI=1S/C13H17FN2O4/c1-19-12-3-2-9(14)6-11(12)15-13(18)16-4-5-20-8-10(17)7-16/h2-3,6,10,17H,4-5,7-8H2,1H3,(H,15,18)/t10-/m1/s1. The van der Waals surface area contributed by atoms with E-state index in [2.05, 4.69) is 5.32 Å². The molecule has 0 radical (unpaired) electrons. The lowest BCUT2D eigenvalue weighted by molar-refractivity contribution is 0.0575. The lowest BCUT2D eigenvalue weighted by atomic mass is 10.3. The molecule has 0 unspecified atom stereocenters. The number of β-amino-alcohol motifs (C(OH)–C–C–N with tert-alkyl or cyclic N) is 1. The summed E-state index contributed by atoms with van der Waals surface area (Å²) in [6.07, 6.45) is -0.724. The van der Waals surface area contributed by atoms with Gasteiger partial charge in [-0.1, -0.05) is 0 Å². The van der Waals surface area contributed by atoms with Crippen molar-refractivity contribution in [1.82, 2.24) is 4.90 Å². The molecule has 0 saturated carbocycles. The number of aliphatic hydroxyl groups is 1. The van der Waals surface area contributed by atoms with E-state index in [1.54, 1.807) is 0 Å². The summed E-state index contributed by atoms with van der Waals surface area (Å²) in [5.41, 5.74) is 0.247. The molecule has 110 valence electrons. The summed E-state index contributed by atoms with van der Waals surface area (Å²) in [4.78, 5) is 13.5. The molecular formula is C13H17FN2O4. The van der Waals surface area contributed by atoms with Crippen LogP contribution in [0.25, 0.3) is 0 Å². The van der Waals surface area contributed by atoms with Crippen molar-refractivity contribution in [2.75, 3.05) is 38.7 Å². The van der Waals surface area contributed by atoms with E-state index in [4.69, 9.17) is 9.47 Å². The average molecular weight is 284 g/mol. The number of methoxy groups -OCH3 is 1. The molecule has 0 aliphatic carbocycles. The first-order chi connectivity index (χ1) is 9.60. The summed E-state index contributed by atoms with van der Waals surface area (Å²) in [7, 11) is 1.44. The SMILES string of the molecule is COc1ccc(F)cc1NC(=O)N1CCOC[C@H](O)C1. The summed E-state index contributed by atoms with van der Waals surface area (Å²) in [5.74, 6) is -0.105. The quantitative estimate of drug-likeness (QED) is 0.852. The Hall–Kier alpha value is -1.86. The Balaban J connectivity index is 2.08. The number of halogens is 1. The van der Waals surface area contributed by atoms with Gasteiger partial charge in [0.05, 0.1) is 38.7 Å². The van der Waals surface area contributed by atoms with Gasteiger partial charge in [-0.15, -0.1) is 0 Å². The van der Waals surface area contributed by atoms with Crippen LogP contribution in [-0.2, 0) is 4.74 Å². The smallest absolute Gasteiger partial charge is 0.322 e. The average Bonchev–Trinajstić information content (AvgIpc) is 2.64. The van der Waals surface area contributed by atoms with E-state index >= 15 is 0 Å². The van der Waals surface area contributed by atoms with Gasteiger partial charge in [-0.25, -0.2) is 9.18 Å². The van der Waals surface area contributed by atoms with Gasteiger partial charge in [0, 0.05) is 12.6 Å². The van der Waals surface area contributed by atoms with Gasteiger partial charge in [-0.2, -0.15) is 0 Å². The van der Waals surface area contributed by atoms with Crippen molar-refractivity contribution in [2.45, 2.75) is 6.10 Å². The fourth-order valence-electron chi connectivity index (χ4n) is 1.95. The van der Waals surface area contributed by atoms with Gasteiger partial charge in [0.25, 0.3) is 0 Å². The van der Waals surface area contributed by atoms with Gasteiger partial charge < -0.3 is 24.8 Å². The molecule has 1 heterocycles. The summed E-state index contributed by atoms with van der Waals surface area (Å²) < 4.78 is 23.4. The zero-order valence-corrected chi connectivity index (χ0v) is 11.1. The van der Waals surface area contributed by atoms with Crippen molar-refractivity contribution < 1.29 is 23.8 Å². The van der Waals surface area contributed by atoms with Crippen molar-refractivity contribution in [3.05, 3.63) is 24.0 Å². The van der Waals surface area contributed by atoms with E-state index in [-0.39, 0.29) is 18.8 Å². The van der Waals surface area contributed by atoms with Crippen LogP contribution >= 0.6 is 0 Å². The third-order valence-corrected chi connectivity index (χ3v) is 2.94. The molecule has 1 aliphatic rings. The molecular weight excluding hydrogens is 267 g/mol. The largest absolute Gasteiger partial charge is 0.495 e. The first-order valence-electron chi connectivity index (χ1n) is 6.25. The highest BCUT2D eigenvalue weighted by Gasteiger charge is 2.21. The van der Waals surface area contributed by atoms with E-state index < -0.39 is 18.0 Å². The second-order valence-electron chi connectivity index (χ2n) is 4.45. The van der Waals surface area contributed by atoms with E-state index in [1.807, 2.05) is 0 Å². The topological polar surface area (TPSA) is 71.0 Å². The van der Waals surface area contributed by atoms with Gasteiger partial charge >= 0.3 is 6.03 Å².